The van der Waals surface area contributed by atoms with Crippen molar-refractivity contribution >= 4 is 20.0 Å². The van der Waals surface area contributed by atoms with Gasteiger partial charge in [-0.25, -0.2) is 16.8 Å². The van der Waals surface area contributed by atoms with Crippen molar-refractivity contribution in [1.29, 1.82) is 0 Å². The lowest BCUT2D eigenvalue weighted by Crippen LogP contribution is -2.51. The molecule has 0 aromatic rings. The maximum atomic E-state index is 11.9. The minimum absolute atomic E-state index is 0.0718. The summed E-state index contributed by atoms with van der Waals surface area (Å²) in [5.74, 6) is 0.0718. The molecule has 0 radical (unpaired) electrons. The summed E-state index contributed by atoms with van der Waals surface area (Å²) in [4.78, 5) is 0. The van der Waals surface area contributed by atoms with E-state index in [1.54, 1.807) is 6.92 Å². The molecular formula is C9H18N2O4S2. The summed E-state index contributed by atoms with van der Waals surface area (Å²) in [6, 6.07) is 0. The highest BCUT2D eigenvalue weighted by Gasteiger charge is 2.41. The van der Waals surface area contributed by atoms with E-state index < -0.39 is 20.0 Å². The van der Waals surface area contributed by atoms with Crippen LogP contribution < -0.4 is 0 Å². The fourth-order valence-corrected chi connectivity index (χ4v) is 4.87. The summed E-state index contributed by atoms with van der Waals surface area (Å²) in [6.07, 6.45) is 1.49. The van der Waals surface area contributed by atoms with Crippen LogP contribution in [0.25, 0.3) is 0 Å². The third kappa shape index (κ3) is 2.64. The molecule has 2 aliphatic rings. The quantitative estimate of drug-likeness (QED) is 0.693. The van der Waals surface area contributed by atoms with Crippen molar-refractivity contribution in [2.45, 2.75) is 25.0 Å². The van der Waals surface area contributed by atoms with Crippen molar-refractivity contribution in [3.63, 3.8) is 0 Å². The van der Waals surface area contributed by atoms with Gasteiger partial charge in [0, 0.05) is 26.2 Å². The molecule has 100 valence electrons. The van der Waals surface area contributed by atoms with Gasteiger partial charge in [-0.3, -0.25) is 0 Å². The van der Waals surface area contributed by atoms with Crippen LogP contribution in [-0.4, -0.2) is 62.6 Å². The number of sulfonamides is 2. The standard InChI is InChI=1S/C9H18N2O4S2/c1-2-16(12,13)10-5-7-11(8-6-10)17(14,15)9-3-4-9/h9H,2-8H2,1H3. The maximum absolute atomic E-state index is 11.9. The molecule has 0 amide bonds. The molecule has 1 saturated carbocycles. The van der Waals surface area contributed by atoms with Crippen LogP contribution in [0.5, 0.6) is 0 Å². The van der Waals surface area contributed by atoms with Crippen molar-refractivity contribution < 1.29 is 16.8 Å². The smallest absolute Gasteiger partial charge is 0.212 e. The van der Waals surface area contributed by atoms with E-state index in [-0.39, 0.29) is 37.2 Å². The minimum Gasteiger partial charge on any atom is -0.212 e. The molecule has 17 heavy (non-hydrogen) atoms. The topological polar surface area (TPSA) is 74.8 Å². The number of nitrogens with zero attached hydrogens (tertiary/aromatic N) is 2. The third-order valence-corrected chi connectivity index (χ3v) is 7.54. The van der Waals surface area contributed by atoms with Gasteiger partial charge in [-0.15, -0.1) is 0 Å². The van der Waals surface area contributed by atoms with Gasteiger partial charge in [0.25, 0.3) is 0 Å². The SMILES string of the molecule is CCS(=O)(=O)N1CCN(S(=O)(=O)C2CC2)CC1. The van der Waals surface area contributed by atoms with E-state index >= 15 is 0 Å². The molecule has 6 nitrogen and oxygen atoms in total. The number of piperazine rings is 1. The Morgan fingerprint density at radius 2 is 1.41 bits per heavy atom. The monoisotopic (exact) mass is 282 g/mol. The van der Waals surface area contributed by atoms with E-state index in [2.05, 4.69) is 0 Å². The summed E-state index contributed by atoms with van der Waals surface area (Å²) >= 11 is 0. The Hall–Kier alpha value is -0.180. The largest absolute Gasteiger partial charge is 0.217 e. The first kappa shape index (κ1) is 13.3. The fraction of sp³-hybridized carbons (Fsp3) is 1.00. The molecular weight excluding hydrogens is 264 g/mol. The first-order valence-corrected chi connectivity index (χ1v) is 8.96. The van der Waals surface area contributed by atoms with Crippen molar-refractivity contribution in [3.8, 4) is 0 Å². The van der Waals surface area contributed by atoms with Gasteiger partial charge in [0.05, 0.1) is 11.0 Å². The van der Waals surface area contributed by atoms with E-state index in [1.165, 1.54) is 8.61 Å². The van der Waals surface area contributed by atoms with Crippen LogP contribution in [0.1, 0.15) is 19.8 Å². The average molecular weight is 282 g/mol. The lowest BCUT2D eigenvalue weighted by molar-refractivity contribution is 0.273. The third-order valence-electron chi connectivity index (χ3n) is 3.26. The summed E-state index contributed by atoms with van der Waals surface area (Å²) < 4.78 is 49.9. The molecule has 1 aliphatic carbocycles. The van der Waals surface area contributed by atoms with Crippen LogP contribution in [0.3, 0.4) is 0 Å². The summed E-state index contributed by atoms with van der Waals surface area (Å²) in [5.41, 5.74) is 0. The first-order chi connectivity index (χ1) is 7.88. The van der Waals surface area contributed by atoms with Crippen molar-refractivity contribution in [3.05, 3.63) is 0 Å². The highest BCUT2D eigenvalue weighted by atomic mass is 32.2. The zero-order valence-electron chi connectivity index (χ0n) is 9.87. The van der Waals surface area contributed by atoms with Crippen molar-refractivity contribution in [2.24, 2.45) is 0 Å². The predicted octanol–water partition coefficient (Wildman–Crippen LogP) is -0.554. The van der Waals surface area contributed by atoms with Crippen LogP contribution in [0.15, 0.2) is 0 Å². The van der Waals surface area contributed by atoms with Gasteiger partial charge in [-0.2, -0.15) is 8.61 Å². The molecule has 0 bridgehead atoms. The normalized spacial score (nSPS) is 25.0. The zero-order chi connectivity index (χ0) is 12.7. The fourth-order valence-electron chi connectivity index (χ4n) is 1.96. The predicted molar refractivity (Wildman–Crippen MR) is 64.5 cm³/mol. The molecule has 2 rings (SSSR count). The Morgan fingerprint density at radius 3 is 1.82 bits per heavy atom. The lowest BCUT2D eigenvalue weighted by atomic mass is 10.4. The molecule has 2 fully saturated rings. The second-order valence-corrected chi connectivity index (χ2v) is 8.91. The van der Waals surface area contributed by atoms with Crippen LogP contribution in [-0.2, 0) is 20.0 Å². The Morgan fingerprint density at radius 1 is 0.941 bits per heavy atom. The van der Waals surface area contributed by atoms with Crippen LogP contribution in [0, 0.1) is 0 Å². The van der Waals surface area contributed by atoms with Gasteiger partial charge in [-0.05, 0) is 19.8 Å². The number of rotatable bonds is 4. The van der Waals surface area contributed by atoms with E-state index in [4.69, 9.17) is 0 Å². The highest BCUT2D eigenvalue weighted by molar-refractivity contribution is 7.90. The van der Waals surface area contributed by atoms with Crippen molar-refractivity contribution in [1.82, 2.24) is 8.61 Å². The van der Waals surface area contributed by atoms with E-state index in [9.17, 15) is 16.8 Å². The maximum Gasteiger partial charge on any atom is 0.217 e. The first-order valence-electron chi connectivity index (χ1n) is 5.84. The van der Waals surface area contributed by atoms with Crippen LogP contribution in [0.2, 0.25) is 0 Å². The minimum atomic E-state index is -3.18. The average Bonchev–Trinajstić information content (AvgIpc) is 3.13. The molecule has 0 aromatic carbocycles. The van der Waals surface area contributed by atoms with E-state index in [0.717, 1.165) is 12.8 Å². The van der Waals surface area contributed by atoms with Crippen LogP contribution in [0.4, 0.5) is 0 Å². The Balaban J connectivity index is 1.99. The zero-order valence-corrected chi connectivity index (χ0v) is 11.5. The Kier molecular flexibility index (Phi) is 3.50. The summed E-state index contributed by atoms with van der Waals surface area (Å²) in [7, 11) is -6.34. The lowest BCUT2D eigenvalue weighted by Gasteiger charge is -2.33. The molecule has 0 spiro atoms. The molecule has 8 heteroatoms. The van der Waals surface area contributed by atoms with Gasteiger partial charge >= 0.3 is 0 Å². The molecule has 1 saturated heterocycles. The molecule has 0 unspecified atom stereocenters. The second-order valence-electron chi connectivity index (χ2n) is 4.44. The molecule has 1 heterocycles. The molecule has 0 atom stereocenters. The van der Waals surface area contributed by atoms with Gasteiger partial charge in [-0.1, -0.05) is 0 Å². The molecule has 0 aromatic heterocycles. The van der Waals surface area contributed by atoms with Crippen molar-refractivity contribution in [2.75, 3.05) is 31.9 Å². The van der Waals surface area contributed by atoms with Gasteiger partial charge < -0.3 is 0 Å². The summed E-state index contributed by atoms with van der Waals surface area (Å²) in [5, 5.41) is -0.211. The van der Waals surface area contributed by atoms with Crippen LogP contribution >= 0.6 is 0 Å². The Bertz CT molecular complexity index is 473. The molecule has 0 N–H and O–H groups in total. The summed E-state index contributed by atoms with van der Waals surface area (Å²) in [6.45, 7) is 2.74. The molecule has 1 aliphatic heterocycles. The van der Waals surface area contributed by atoms with Gasteiger partial charge in [0.1, 0.15) is 0 Å². The van der Waals surface area contributed by atoms with E-state index in [1.807, 2.05) is 0 Å². The van der Waals surface area contributed by atoms with Gasteiger partial charge in [0.2, 0.25) is 20.0 Å². The highest BCUT2D eigenvalue weighted by Crippen LogP contribution is 2.31. The number of hydrogen-bond acceptors (Lipinski definition) is 4. The Labute approximate surface area is 103 Å². The second kappa shape index (κ2) is 4.49. The van der Waals surface area contributed by atoms with E-state index in [0.29, 0.717) is 0 Å². The van der Waals surface area contributed by atoms with Gasteiger partial charge in [0.15, 0.2) is 0 Å². The number of hydrogen-bond donors (Lipinski definition) is 0.